The normalized spacial score (nSPS) is 26.4. The average Bonchev–Trinajstić information content (AvgIpc) is 2.55. The van der Waals surface area contributed by atoms with Gasteiger partial charge in [-0.25, -0.2) is 0 Å². The summed E-state index contributed by atoms with van der Waals surface area (Å²) in [5, 5.41) is 3.61. The van der Waals surface area contributed by atoms with E-state index in [1.54, 1.807) is 0 Å². The van der Waals surface area contributed by atoms with Crippen LogP contribution >= 0.6 is 0 Å². The summed E-state index contributed by atoms with van der Waals surface area (Å²) in [4.78, 5) is 14.9. The molecule has 1 saturated carbocycles. The van der Waals surface area contributed by atoms with Gasteiger partial charge in [0, 0.05) is 18.3 Å². The first-order chi connectivity index (χ1) is 10.7. The second-order valence-electron chi connectivity index (χ2n) is 6.98. The van der Waals surface area contributed by atoms with E-state index in [9.17, 15) is 4.79 Å². The molecule has 0 saturated heterocycles. The molecule has 22 heavy (non-hydrogen) atoms. The van der Waals surface area contributed by atoms with E-state index in [-0.39, 0.29) is 11.9 Å². The molecule has 3 heteroatoms. The molecule has 0 radical (unpaired) electrons. The smallest absolute Gasteiger partial charge is 0.243 e. The standard InChI is InChI=1S/C19H28N2O/c1-14-8-3-5-11-17(14)20-15(2)19(22)21-13-7-10-16-9-4-6-12-18(16)21/h4,6,9,12,14-15,17,20H,3,5,7-8,10-11,13H2,1-2H3. The number of amides is 1. The largest absolute Gasteiger partial charge is 0.311 e. The first kappa shape index (κ1) is 15.5. The summed E-state index contributed by atoms with van der Waals surface area (Å²) in [5.74, 6) is 0.905. The third kappa shape index (κ3) is 3.19. The van der Waals surface area contributed by atoms with Crippen LogP contribution in [0.2, 0.25) is 0 Å². The molecule has 1 aromatic rings. The molecule has 3 atom stereocenters. The van der Waals surface area contributed by atoms with Crippen molar-refractivity contribution in [1.29, 1.82) is 0 Å². The summed E-state index contributed by atoms with van der Waals surface area (Å²) in [7, 11) is 0. The molecule has 3 unspecified atom stereocenters. The van der Waals surface area contributed by atoms with Gasteiger partial charge in [0.1, 0.15) is 0 Å². The molecule has 1 fully saturated rings. The number of rotatable bonds is 3. The van der Waals surface area contributed by atoms with E-state index in [1.165, 1.54) is 31.2 Å². The van der Waals surface area contributed by atoms with Gasteiger partial charge in [0.2, 0.25) is 5.91 Å². The molecule has 1 aliphatic heterocycles. The lowest BCUT2D eigenvalue weighted by Crippen LogP contribution is -2.51. The number of nitrogens with zero attached hydrogens (tertiary/aromatic N) is 1. The number of carbonyl (C=O) groups is 1. The molecule has 1 aliphatic carbocycles. The van der Waals surface area contributed by atoms with Crippen LogP contribution in [0.25, 0.3) is 0 Å². The van der Waals surface area contributed by atoms with Crippen molar-refractivity contribution in [3.05, 3.63) is 29.8 Å². The molecule has 1 heterocycles. The molecule has 0 bridgehead atoms. The van der Waals surface area contributed by atoms with Crippen molar-refractivity contribution >= 4 is 11.6 Å². The van der Waals surface area contributed by atoms with E-state index < -0.39 is 0 Å². The minimum absolute atomic E-state index is 0.100. The van der Waals surface area contributed by atoms with Crippen LogP contribution in [-0.2, 0) is 11.2 Å². The van der Waals surface area contributed by atoms with E-state index in [1.807, 2.05) is 17.9 Å². The molecule has 120 valence electrons. The van der Waals surface area contributed by atoms with Crippen molar-refractivity contribution in [3.63, 3.8) is 0 Å². The molecule has 2 aliphatic rings. The fourth-order valence-corrected chi connectivity index (χ4v) is 3.95. The van der Waals surface area contributed by atoms with Crippen LogP contribution in [0.5, 0.6) is 0 Å². The summed E-state index contributed by atoms with van der Waals surface area (Å²) in [6, 6.07) is 8.73. The van der Waals surface area contributed by atoms with Crippen molar-refractivity contribution in [2.75, 3.05) is 11.4 Å². The van der Waals surface area contributed by atoms with Crippen molar-refractivity contribution in [2.24, 2.45) is 5.92 Å². The van der Waals surface area contributed by atoms with Crippen LogP contribution in [0.4, 0.5) is 5.69 Å². The van der Waals surface area contributed by atoms with E-state index in [4.69, 9.17) is 0 Å². The van der Waals surface area contributed by atoms with E-state index in [0.29, 0.717) is 12.0 Å². The number of fused-ring (bicyclic) bond motifs is 1. The Bertz CT molecular complexity index is 528. The lowest BCUT2D eigenvalue weighted by molar-refractivity contribution is -0.120. The highest BCUT2D eigenvalue weighted by Crippen LogP contribution is 2.28. The maximum atomic E-state index is 12.9. The van der Waals surface area contributed by atoms with Crippen LogP contribution in [-0.4, -0.2) is 24.5 Å². The summed E-state index contributed by atoms with van der Waals surface area (Å²) >= 11 is 0. The van der Waals surface area contributed by atoms with Crippen LogP contribution in [0, 0.1) is 5.92 Å². The topological polar surface area (TPSA) is 32.3 Å². The molecule has 1 N–H and O–H groups in total. The van der Waals surface area contributed by atoms with E-state index in [0.717, 1.165) is 25.1 Å². The molecular weight excluding hydrogens is 272 g/mol. The minimum atomic E-state index is -0.100. The van der Waals surface area contributed by atoms with Gasteiger partial charge in [-0.3, -0.25) is 4.79 Å². The van der Waals surface area contributed by atoms with Gasteiger partial charge in [-0.1, -0.05) is 38.0 Å². The Morgan fingerprint density at radius 3 is 2.82 bits per heavy atom. The molecule has 3 rings (SSSR count). The van der Waals surface area contributed by atoms with Gasteiger partial charge in [-0.2, -0.15) is 0 Å². The third-order valence-corrected chi connectivity index (χ3v) is 5.32. The number of nitrogens with one attached hydrogen (secondary N) is 1. The van der Waals surface area contributed by atoms with Gasteiger partial charge in [0.05, 0.1) is 6.04 Å². The lowest BCUT2D eigenvalue weighted by atomic mass is 9.85. The van der Waals surface area contributed by atoms with Crippen LogP contribution in [0.3, 0.4) is 0 Å². The van der Waals surface area contributed by atoms with Gasteiger partial charge in [-0.05, 0) is 50.2 Å². The molecule has 0 spiro atoms. The predicted molar refractivity (Wildman–Crippen MR) is 91.1 cm³/mol. The van der Waals surface area contributed by atoms with Gasteiger partial charge in [-0.15, -0.1) is 0 Å². The summed E-state index contributed by atoms with van der Waals surface area (Å²) in [5.41, 5.74) is 2.42. The number of hydrogen-bond donors (Lipinski definition) is 1. The fourth-order valence-electron chi connectivity index (χ4n) is 3.95. The highest BCUT2D eigenvalue weighted by molar-refractivity contribution is 5.98. The summed E-state index contributed by atoms with van der Waals surface area (Å²) in [6.45, 7) is 5.19. The molecule has 1 aromatic carbocycles. The second kappa shape index (κ2) is 6.82. The Morgan fingerprint density at radius 2 is 2.00 bits per heavy atom. The number of benzene rings is 1. The summed E-state index contributed by atoms with van der Waals surface area (Å²) < 4.78 is 0. The lowest BCUT2D eigenvalue weighted by Gasteiger charge is -2.35. The second-order valence-corrected chi connectivity index (χ2v) is 6.98. The maximum absolute atomic E-state index is 12.9. The SMILES string of the molecule is CC(NC1CCCCC1C)C(=O)N1CCCc2ccccc21. The molecular formula is C19H28N2O. The van der Waals surface area contributed by atoms with Crippen molar-refractivity contribution in [1.82, 2.24) is 5.32 Å². The number of aryl methyl sites for hydroxylation is 1. The van der Waals surface area contributed by atoms with E-state index in [2.05, 4.69) is 30.4 Å². The summed E-state index contributed by atoms with van der Waals surface area (Å²) in [6.07, 6.45) is 7.26. The van der Waals surface area contributed by atoms with Gasteiger partial charge in [0.25, 0.3) is 0 Å². The monoisotopic (exact) mass is 300 g/mol. The van der Waals surface area contributed by atoms with Crippen LogP contribution in [0.1, 0.15) is 51.5 Å². The zero-order valence-electron chi connectivity index (χ0n) is 13.8. The first-order valence-electron chi connectivity index (χ1n) is 8.82. The zero-order valence-corrected chi connectivity index (χ0v) is 13.8. The number of anilines is 1. The van der Waals surface area contributed by atoms with Gasteiger partial charge >= 0.3 is 0 Å². The first-order valence-corrected chi connectivity index (χ1v) is 8.82. The minimum Gasteiger partial charge on any atom is -0.311 e. The molecule has 3 nitrogen and oxygen atoms in total. The Labute approximate surface area is 134 Å². The van der Waals surface area contributed by atoms with E-state index >= 15 is 0 Å². The van der Waals surface area contributed by atoms with Crippen molar-refractivity contribution in [3.8, 4) is 0 Å². The Balaban J connectivity index is 1.68. The Morgan fingerprint density at radius 1 is 1.23 bits per heavy atom. The highest BCUT2D eigenvalue weighted by atomic mass is 16.2. The quantitative estimate of drug-likeness (QED) is 0.926. The fraction of sp³-hybridized carbons (Fsp3) is 0.632. The number of para-hydroxylation sites is 1. The van der Waals surface area contributed by atoms with Crippen molar-refractivity contribution < 1.29 is 4.79 Å². The number of hydrogen-bond acceptors (Lipinski definition) is 2. The predicted octanol–water partition coefficient (Wildman–Crippen LogP) is 3.52. The third-order valence-electron chi connectivity index (χ3n) is 5.32. The molecule has 1 amide bonds. The maximum Gasteiger partial charge on any atom is 0.243 e. The van der Waals surface area contributed by atoms with Crippen LogP contribution in [0.15, 0.2) is 24.3 Å². The Kier molecular flexibility index (Phi) is 4.82. The van der Waals surface area contributed by atoms with Crippen LogP contribution < -0.4 is 10.2 Å². The van der Waals surface area contributed by atoms with Gasteiger partial charge in [0.15, 0.2) is 0 Å². The number of carbonyl (C=O) groups excluding carboxylic acids is 1. The Hall–Kier alpha value is -1.35. The van der Waals surface area contributed by atoms with Gasteiger partial charge < -0.3 is 10.2 Å². The zero-order chi connectivity index (χ0) is 15.5. The molecule has 0 aromatic heterocycles. The highest BCUT2D eigenvalue weighted by Gasteiger charge is 2.29. The van der Waals surface area contributed by atoms with Crippen molar-refractivity contribution in [2.45, 2.75) is 64.5 Å². The average molecular weight is 300 g/mol.